The van der Waals surface area contributed by atoms with E-state index < -0.39 is 0 Å². The van der Waals surface area contributed by atoms with Gasteiger partial charge in [0.05, 0.1) is 24.0 Å². The number of ether oxygens (including phenoxy) is 1. The van der Waals surface area contributed by atoms with Gasteiger partial charge < -0.3 is 15.5 Å². The van der Waals surface area contributed by atoms with Crippen LogP contribution in [0.4, 0.5) is 5.69 Å². The summed E-state index contributed by atoms with van der Waals surface area (Å²) in [6.07, 6.45) is 0. The second kappa shape index (κ2) is 4.52. The topological polar surface area (TPSA) is 51.0 Å². The molecule has 0 saturated carbocycles. The summed E-state index contributed by atoms with van der Waals surface area (Å²) < 4.78 is 5.21. The van der Waals surface area contributed by atoms with Crippen LogP contribution in [0.1, 0.15) is 0 Å². The monoisotopic (exact) mass is 272 g/mol. The number of methoxy groups -OCH3 is 1. The molecule has 0 spiro atoms. The number of nitrogens with one attached hydrogen (secondary N) is 1. The van der Waals surface area contributed by atoms with Gasteiger partial charge in [-0.25, -0.2) is 0 Å². The fourth-order valence-corrected chi connectivity index (χ4v) is 2.39. The summed E-state index contributed by atoms with van der Waals surface area (Å²) in [4.78, 5) is 3.32. The molecule has 0 atom stereocenters. The standard InChI is InChI=1S/C15H13ClN2O/c1-19-11-5-6-12-13(8-11)18-15(14(12)17)9-3-2-4-10(16)7-9/h2-8,18H,17H2,1H3. The van der Waals surface area contributed by atoms with Crippen LogP contribution in [0, 0.1) is 0 Å². The first-order valence-electron chi connectivity index (χ1n) is 5.90. The van der Waals surface area contributed by atoms with Gasteiger partial charge in [0, 0.05) is 22.0 Å². The number of fused-ring (bicyclic) bond motifs is 1. The molecule has 1 heterocycles. The van der Waals surface area contributed by atoms with E-state index in [1.807, 2.05) is 42.5 Å². The van der Waals surface area contributed by atoms with Crippen LogP contribution < -0.4 is 10.5 Å². The molecule has 3 aromatic rings. The number of H-pyrrole nitrogens is 1. The van der Waals surface area contributed by atoms with Crippen LogP contribution in [0.25, 0.3) is 22.2 Å². The number of rotatable bonds is 2. The zero-order valence-electron chi connectivity index (χ0n) is 10.4. The van der Waals surface area contributed by atoms with Gasteiger partial charge in [0.1, 0.15) is 5.75 Å². The van der Waals surface area contributed by atoms with Gasteiger partial charge >= 0.3 is 0 Å². The molecule has 0 radical (unpaired) electrons. The van der Waals surface area contributed by atoms with Gasteiger partial charge in [-0.05, 0) is 24.3 Å². The van der Waals surface area contributed by atoms with Crippen molar-refractivity contribution in [2.75, 3.05) is 12.8 Å². The lowest BCUT2D eigenvalue weighted by Crippen LogP contribution is -1.87. The van der Waals surface area contributed by atoms with Gasteiger partial charge in [0.2, 0.25) is 0 Å². The Hall–Kier alpha value is -2.13. The Balaban J connectivity index is 2.22. The summed E-state index contributed by atoms with van der Waals surface area (Å²) in [6, 6.07) is 13.4. The highest BCUT2D eigenvalue weighted by Crippen LogP contribution is 2.34. The van der Waals surface area contributed by atoms with Crippen molar-refractivity contribution in [3.63, 3.8) is 0 Å². The zero-order chi connectivity index (χ0) is 13.4. The van der Waals surface area contributed by atoms with Crippen molar-refractivity contribution in [1.29, 1.82) is 0 Å². The van der Waals surface area contributed by atoms with Crippen molar-refractivity contribution in [3.8, 4) is 17.0 Å². The zero-order valence-corrected chi connectivity index (χ0v) is 11.2. The number of nitrogens with two attached hydrogens (primary N) is 1. The molecule has 0 aliphatic rings. The number of anilines is 1. The van der Waals surface area contributed by atoms with E-state index in [9.17, 15) is 0 Å². The summed E-state index contributed by atoms with van der Waals surface area (Å²) in [5, 5.41) is 1.67. The molecule has 0 amide bonds. The third kappa shape index (κ3) is 2.02. The van der Waals surface area contributed by atoms with E-state index in [1.54, 1.807) is 7.11 Å². The Morgan fingerprint density at radius 1 is 1.16 bits per heavy atom. The van der Waals surface area contributed by atoms with Crippen LogP contribution in [-0.4, -0.2) is 12.1 Å². The quantitative estimate of drug-likeness (QED) is 0.738. The minimum Gasteiger partial charge on any atom is -0.497 e. The fraction of sp³-hybridized carbons (Fsp3) is 0.0667. The van der Waals surface area contributed by atoms with E-state index in [1.165, 1.54) is 0 Å². The van der Waals surface area contributed by atoms with Gasteiger partial charge in [-0.1, -0.05) is 23.7 Å². The molecule has 4 heteroatoms. The smallest absolute Gasteiger partial charge is 0.120 e. The predicted octanol–water partition coefficient (Wildman–Crippen LogP) is 4.08. The molecular weight excluding hydrogens is 260 g/mol. The third-order valence-corrected chi connectivity index (χ3v) is 3.39. The van der Waals surface area contributed by atoms with Gasteiger partial charge in [0.15, 0.2) is 0 Å². The predicted molar refractivity (Wildman–Crippen MR) is 79.7 cm³/mol. The molecule has 0 bridgehead atoms. The fourth-order valence-electron chi connectivity index (χ4n) is 2.20. The lowest BCUT2D eigenvalue weighted by molar-refractivity contribution is 0.415. The van der Waals surface area contributed by atoms with Crippen LogP contribution in [-0.2, 0) is 0 Å². The van der Waals surface area contributed by atoms with Crippen molar-refractivity contribution >= 4 is 28.2 Å². The molecule has 3 rings (SSSR count). The van der Waals surface area contributed by atoms with Crippen molar-refractivity contribution in [2.45, 2.75) is 0 Å². The molecule has 2 aromatic carbocycles. The second-order valence-corrected chi connectivity index (χ2v) is 4.77. The first-order valence-corrected chi connectivity index (χ1v) is 6.28. The molecule has 3 N–H and O–H groups in total. The van der Waals surface area contributed by atoms with Crippen molar-refractivity contribution in [3.05, 3.63) is 47.5 Å². The first kappa shape index (κ1) is 11.9. The minimum absolute atomic E-state index is 0.688. The molecule has 0 aliphatic carbocycles. The van der Waals surface area contributed by atoms with E-state index in [0.717, 1.165) is 33.6 Å². The van der Waals surface area contributed by atoms with Gasteiger partial charge in [-0.15, -0.1) is 0 Å². The van der Waals surface area contributed by atoms with E-state index in [2.05, 4.69) is 4.98 Å². The van der Waals surface area contributed by atoms with E-state index in [0.29, 0.717) is 5.02 Å². The van der Waals surface area contributed by atoms with E-state index >= 15 is 0 Å². The van der Waals surface area contributed by atoms with E-state index in [4.69, 9.17) is 22.1 Å². The molecular formula is C15H13ClN2O. The maximum atomic E-state index is 6.20. The number of hydrogen-bond acceptors (Lipinski definition) is 2. The number of benzene rings is 2. The van der Waals surface area contributed by atoms with E-state index in [-0.39, 0.29) is 0 Å². The maximum Gasteiger partial charge on any atom is 0.120 e. The highest BCUT2D eigenvalue weighted by atomic mass is 35.5. The van der Waals surface area contributed by atoms with Crippen LogP contribution >= 0.6 is 11.6 Å². The van der Waals surface area contributed by atoms with Crippen molar-refractivity contribution in [1.82, 2.24) is 4.98 Å². The lowest BCUT2D eigenvalue weighted by Gasteiger charge is -2.00. The Morgan fingerprint density at radius 3 is 2.74 bits per heavy atom. The average Bonchev–Trinajstić information content (AvgIpc) is 2.75. The van der Waals surface area contributed by atoms with Crippen LogP contribution in [0.3, 0.4) is 0 Å². The highest BCUT2D eigenvalue weighted by Gasteiger charge is 2.11. The first-order chi connectivity index (χ1) is 9.19. The Labute approximate surface area is 116 Å². The van der Waals surface area contributed by atoms with Crippen molar-refractivity contribution in [2.24, 2.45) is 0 Å². The normalized spacial score (nSPS) is 10.8. The Morgan fingerprint density at radius 2 is 2.00 bits per heavy atom. The summed E-state index contributed by atoms with van der Waals surface area (Å²) in [6.45, 7) is 0. The van der Waals surface area contributed by atoms with Gasteiger partial charge in [-0.2, -0.15) is 0 Å². The third-order valence-electron chi connectivity index (χ3n) is 3.16. The number of aromatic amines is 1. The SMILES string of the molecule is COc1ccc2c(N)c(-c3cccc(Cl)c3)[nH]c2c1. The second-order valence-electron chi connectivity index (χ2n) is 4.34. The van der Waals surface area contributed by atoms with Crippen LogP contribution in [0.15, 0.2) is 42.5 Å². The highest BCUT2D eigenvalue weighted by molar-refractivity contribution is 6.30. The van der Waals surface area contributed by atoms with Gasteiger partial charge in [0.25, 0.3) is 0 Å². The number of nitrogen functional groups attached to an aromatic ring is 1. The molecule has 1 aromatic heterocycles. The molecule has 0 aliphatic heterocycles. The molecule has 3 nitrogen and oxygen atoms in total. The summed E-state index contributed by atoms with van der Waals surface area (Å²) in [5.41, 5.74) is 9.72. The number of hydrogen-bond donors (Lipinski definition) is 2. The summed E-state index contributed by atoms with van der Waals surface area (Å²) >= 11 is 6.02. The molecule has 0 saturated heterocycles. The summed E-state index contributed by atoms with van der Waals surface area (Å²) in [7, 11) is 1.64. The Bertz CT molecular complexity index is 749. The minimum atomic E-state index is 0.688. The lowest BCUT2D eigenvalue weighted by atomic mass is 10.1. The molecule has 96 valence electrons. The Kier molecular flexibility index (Phi) is 2.84. The van der Waals surface area contributed by atoms with Crippen molar-refractivity contribution < 1.29 is 4.74 Å². The largest absolute Gasteiger partial charge is 0.497 e. The summed E-state index contributed by atoms with van der Waals surface area (Å²) in [5.74, 6) is 0.798. The molecule has 0 fully saturated rings. The molecule has 19 heavy (non-hydrogen) atoms. The van der Waals surface area contributed by atoms with Crippen LogP contribution in [0.2, 0.25) is 5.02 Å². The maximum absolute atomic E-state index is 6.20. The average molecular weight is 273 g/mol. The molecule has 0 unspecified atom stereocenters. The van der Waals surface area contributed by atoms with Crippen LogP contribution in [0.5, 0.6) is 5.75 Å². The number of aromatic nitrogens is 1. The van der Waals surface area contributed by atoms with Gasteiger partial charge in [-0.3, -0.25) is 0 Å². The number of halogens is 1.